The van der Waals surface area contributed by atoms with Gasteiger partial charge in [0.05, 0.1) is 22.8 Å². The summed E-state index contributed by atoms with van der Waals surface area (Å²) < 4.78 is 39.2. The predicted octanol–water partition coefficient (Wildman–Crippen LogP) is 3.64. The van der Waals surface area contributed by atoms with E-state index in [1.165, 1.54) is 23.1 Å². The number of nitrogens with zero attached hydrogens (tertiary/aromatic N) is 3. The maximum atomic E-state index is 13.0. The van der Waals surface area contributed by atoms with Crippen molar-refractivity contribution < 1.29 is 22.5 Å². The van der Waals surface area contributed by atoms with E-state index in [1.54, 1.807) is 18.2 Å². The van der Waals surface area contributed by atoms with Crippen LogP contribution >= 0.6 is 11.6 Å². The van der Waals surface area contributed by atoms with Gasteiger partial charge in [-0.2, -0.15) is 4.98 Å². The van der Waals surface area contributed by atoms with Crippen LogP contribution in [0, 0.1) is 6.92 Å². The first-order valence-corrected chi connectivity index (χ1v) is 11.8. The number of aromatic nitrogens is 2. The van der Waals surface area contributed by atoms with Crippen LogP contribution in [0.1, 0.15) is 36.0 Å². The van der Waals surface area contributed by atoms with Crippen LogP contribution in [-0.2, 0) is 21.4 Å². The van der Waals surface area contributed by atoms with Gasteiger partial charge >= 0.3 is 0 Å². The highest BCUT2D eigenvalue weighted by atomic mass is 35.5. The van der Waals surface area contributed by atoms with Crippen LogP contribution in [0.3, 0.4) is 0 Å². The van der Waals surface area contributed by atoms with Crippen molar-refractivity contribution in [3.05, 3.63) is 58.7 Å². The van der Waals surface area contributed by atoms with Gasteiger partial charge in [-0.1, -0.05) is 22.8 Å². The SMILES string of the molecule is Cc1ccc(NS(=O)(=O)c2ccc3c(c2)N(Cc2noc(C4CC4)n2)C(=O)CO3)cc1Cl. The lowest BCUT2D eigenvalue weighted by Crippen LogP contribution is -2.38. The van der Waals surface area contributed by atoms with Crippen LogP contribution in [0.2, 0.25) is 5.02 Å². The molecule has 2 heterocycles. The molecule has 1 N–H and O–H groups in total. The number of halogens is 1. The zero-order valence-electron chi connectivity index (χ0n) is 17.0. The quantitative estimate of drug-likeness (QED) is 0.580. The number of fused-ring (bicyclic) bond motifs is 1. The summed E-state index contributed by atoms with van der Waals surface area (Å²) in [4.78, 5) is 18.3. The molecule has 1 fully saturated rings. The lowest BCUT2D eigenvalue weighted by atomic mass is 10.2. The average Bonchev–Trinajstić information content (AvgIpc) is 3.51. The van der Waals surface area contributed by atoms with Crippen molar-refractivity contribution in [1.82, 2.24) is 10.1 Å². The smallest absolute Gasteiger partial charge is 0.265 e. The van der Waals surface area contributed by atoms with Gasteiger partial charge in [-0.15, -0.1) is 0 Å². The monoisotopic (exact) mass is 474 g/mol. The zero-order chi connectivity index (χ0) is 22.5. The second kappa shape index (κ2) is 7.79. The number of rotatable bonds is 6. The Labute approximate surface area is 189 Å². The summed E-state index contributed by atoms with van der Waals surface area (Å²) in [5, 5.41) is 4.41. The highest BCUT2D eigenvalue weighted by Crippen LogP contribution is 2.39. The largest absolute Gasteiger partial charge is 0.482 e. The molecule has 0 bridgehead atoms. The molecule has 0 spiro atoms. The molecule has 1 saturated carbocycles. The summed E-state index contributed by atoms with van der Waals surface area (Å²) in [6, 6.07) is 9.24. The van der Waals surface area contributed by atoms with E-state index in [0.29, 0.717) is 39.8 Å². The lowest BCUT2D eigenvalue weighted by molar-refractivity contribution is -0.121. The summed E-state index contributed by atoms with van der Waals surface area (Å²) in [6.07, 6.45) is 2.03. The molecule has 166 valence electrons. The predicted molar refractivity (Wildman–Crippen MR) is 116 cm³/mol. The average molecular weight is 475 g/mol. The maximum absolute atomic E-state index is 13.0. The van der Waals surface area contributed by atoms with Crippen molar-refractivity contribution in [2.24, 2.45) is 0 Å². The van der Waals surface area contributed by atoms with Crippen molar-refractivity contribution in [2.45, 2.75) is 37.1 Å². The third-order valence-electron chi connectivity index (χ3n) is 5.32. The molecule has 2 aromatic carbocycles. The van der Waals surface area contributed by atoms with Gasteiger partial charge in [0.1, 0.15) is 5.75 Å². The third-order valence-corrected chi connectivity index (χ3v) is 7.10. The molecule has 0 saturated heterocycles. The Balaban J connectivity index is 1.44. The number of amides is 1. The molecule has 0 atom stereocenters. The van der Waals surface area contributed by atoms with Crippen molar-refractivity contribution in [3.63, 3.8) is 0 Å². The number of nitrogens with one attached hydrogen (secondary N) is 1. The van der Waals surface area contributed by atoms with E-state index in [-0.39, 0.29) is 24.0 Å². The Hall–Kier alpha value is -3.11. The first-order chi connectivity index (χ1) is 15.3. The number of aryl methyl sites for hydroxylation is 1. The van der Waals surface area contributed by atoms with Gasteiger partial charge in [0.25, 0.3) is 15.9 Å². The third kappa shape index (κ3) is 4.03. The normalized spacial score (nSPS) is 15.9. The van der Waals surface area contributed by atoms with E-state index in [9.17, 15) is 13.2 Å². The highest BCUT2D eigenvalue weighted by molar-refractivity contribution is 7.92. The minimum atomic E-state index is -3.94. The van der Waals surface area contributed by atoms with Gasteiger partial charge in [0, 0.05) is 10.9 Å². The number of hydrogen-bond acceptors (Lipinski definition) is 7. The number of ether oxygens (including phenoxy) is 1. The molecule has 11 heteroatoms. The summed E-state index contributed by atoms with van der Waals surface area (Å²) >= 11 is 6.11. The molecular formula is C21H19ClN4O5S. The Kier molecular flexibility index (Phi) is 5.06. The van der Waals surface area contributed by atoms with E-state index in [2.05, 4.69) is 14.9 Å². The fraction of sp³-hybridized carbons (Fsp3) is 0.286. The van der Waals surface area contributed by atoms with Crippen LogP contribution in [0.5, 0.6) is 5.75 Å². The number of hydrogen-bond donors (Lipinski definition) is 1. The van der Waals surface area contributed by atoms with Gasteiger partial charge in [-0.25, -0.2) is 8.42 Å². The van der Waals surface area contributed by atoms with E-state index in [0.717, 1.165) is 18.4 Å². The van der Waals surface area contributed by atoms with E-state index >= 15 is 0 Å². The molecular weight excluding hydrogens is 456 g/mol. The molecule has 0 unspecified atom stereocenters. The first-order valence-electron chi connectivity index (χ1n) is 9.99. The minimum Gasteiger partial charge on any atom is -0.482 e. The molecule has 32 heavy (non-hydrogen) atoms. The van der Waals surface area contributed by atoms with E-state index < -0.39 is 10.0 Å². The molecule has 3 aromatic rings. The fourth-order valence-corrected chi connectivity index (χ4v) is 4.61. The van der Waals surface area contributed by atoms with Crippen LogP contribution < -0.4 is 14.4 Å². The number of anilines is 2. The van der Waals surface area contributed by atoms with Gasteiger partial charge in [0.15, 0.2) is 12.4 Å². The fourth-order valence-electron chi connectivity index (χ4n) is 3.36. The summed E-state index contributed by atoms with van der Waals surface area (Å²) in [5.41, 5.74) is 1.49. The van der Waals surface area contributed by atoms with E-state index in [4.69, 9.17) is 20.9 Å². The second-order valence-electron chi connectivity index (χ2n) is 7.79. The molecule has 9 nitrogen and oxygen atoms in total. The van der Waals surface area contributed by atoms with Crippen LogP contribution in [0.15, 0.2) is 45.8 Å². The summed E-state index contributed by atoms with van der Waals surface area (Å²) in [7, 11) is -3.94. The molecule has 1 aromatic heterocycles. The van der Waals surface area contributed by atoms with E-state index in [1.807, 2.05) is 6.92 Å². The van der Waals surface area contributed by atoms with Gasteiger partial charge < -0.3 is 9.26 Å². The summed E-state index contributed by atoms with van der Waals surface area (Å²) in [6.45, 7) is 1.72. The highest BCUT2D eigenvalue weighted by Gasteiger charge is 2.32. The number of carbonyl (C=O) groups excluding carboxylic acids is 1. The molecule has 1 aliphatic heterocycles. The van der Waals surface area contributed by atoms with Gasteiger partial charge in [0.2, 0.25) is 5.89 Å². The molecule has 0 radical (unpaired) electrons. The Bertz CT molecular complexity index is 1320. The molecule has 1 aliphatic carbocycles. The first kappa shape index (κ1) is 20.8. The number of sulfonamides is 1. The molecule has 5 rings (SSSR count). The number of carbonyl (C=O) groups is 1. The molecule has 2 aliphatic rings. The molecule has 1 amide bonds. The van der Waals surface area contributed by atoms with Gasteiger partial charge in [-0.05, 0) is 55.7 Å². The Morgan fingerprint density at radius 1 is 1.22 bits per heavy atom. The van der Waals surface area contributed by atoms with Crippen molar-refractivity contribution in [2.75, 3.05) is 16.2 Å². The second-order valence-corrected chi connectivity index (χ2v) is 9.88. The zero-order valence-corrected chi connectivity index (χ0v) is 18.6. The van der Waals surface area contributed by atoms with Crippen molar-refractivity contribution >= 4 is 38.9 Å². The topological polar surface area (TPSA) is 115 Å². The summed E-state index contributed by atoms with van der Waals surface area (Å²) in [5.74, 6) is 1.28. The van der Waals surface area contributed by atoms with Crippen LogP contribution in [0.25, 0.3) is 0 Å². The van der Waals surface area contributed by atoms with Crippen molar-refractivity contribution in [3.8, 4) is 5.75 Å². The van der Waals surface area contributed by atoms with Crippen LogP contribution in [-0.4, -0.2) is 31.1 Å². The maximum Gasteiger partial charge on any atom is 0.265 e. The number of benzene rings is 2. The standard InChI is InChI=1S/C21H19ClN4O5S/c1-12-2-5-14(8-16(12)22)25-32(28,29)15-6-7-18-17(9-15)26(20(27)11-30-18)10-19-23-21(31-24-19)13-3-4-13/h2,5-9,13,25H,3-4,10-11H2,1H3. The van der Waals surface area contributed by atoms with Gasteiger partial charge in [-0.3, -0.25) is 14.4 Å². The lowest BCUT2D eigenvalue weighted by Gasteiger charge is -2.28. The van der Waals surface area contributed by atoms with Crippen molar-refractivity contribution in [1.29, 1.82) is 0 Å². The minimum absolute atomic E-state index is 0.0250. The Morgan fingerprint density at radius 2 is 2.03 bits per heavy atom. The van der Waals surface area contributed by atoms with Crippen LogP contribution in [0.4, 0.5) is 11.4 Å². The Morgan fingerprint density at radius 3 is 2.78 bits per heavy atom.